The lowest BCUT2D eigenvalue weighted by atomic mass is 9.83. The van der Waals surface area contributed by atoms with Gasteiger partial charge in [-0.15, -0.1) is 0 Å². The van der Waals surface area contributed by atoms with Crippen molar-refractivity contribution in [2.24, 2.45) is 0 Å². The molecule has 0 fully saturated rings. The Morgan fingerprint density at radius 2 is 1.48 bits per heavy atom. The van der Waals surface area contributed by atoms with Gasteiger partial charge in [0.15, 0.2) is 0 Å². The van der Waals surface area contributed by atoms with E-state index in [9.17, 15) is 4.79 Å². The molecular weight excluding hydrogens is 305 g/mol. The highest BCUT2D eigenvalue weighted by molar-refractivity contribution is 6.34. The smallest absolute Gasteiger partial charge is 0.236 e. The van der Waals surface area contributed by atoms with E-state index in [0.29, 0.717) is 15.7 Å². The Hall–Kier alpha value is -1.51. The van der Waals surface area contributed by atoms with E-state index in [1.807, 2.05) is 50.2 Å². The van der Waals surface area contributed by atoms with Crippen LogP contribution >= 0.6 is 23.2 Å². The molecule has 2 nitrogen and oxygen atoms in total. The largest absolute Gasteiger partial charge is 0.313 e. The van der Waals surface area contributed by atoms with E-state index in [1.54, 1.807) is 24.1 Å². The Bertz CT molecular complexity index is 667. The van der Waals surface area contributed by atoms with Crippen molar-refractivity contribution in [2.45, 2.75) is 19.3 Å². The van der Waals surface area contributed by atoms with Crippen molar-refractivity contribution < 1.29 is 4.79 Å². The maximum Gasteiger partial charge on any atom is 0.236 e. The summed E-state index contributed by atoms with van der Waals surface area (Å²) in [7, 11) is 1.72. The SMILES string of the molecule is CN(C(=O)C(C)(C)c1ccccc1Cl)c1ccccc1Cl. The van der Waals surface area contributed by atoms with Crippen molar-refractivity contribution in [3.05, 3.63) is 64.1 Å². The highest BCUT2D eigenvalue weighted by atomic mass is 35.5. The second-order valence-corrected chi connectivity index (χ2v) is 6.23. The Morgan fingerprint density at radius 1 is 0.952 bits per heavy atom. The van der Waals surface area contributed by atoms with Gasteiger partial charge >= 0.3 is 0 Å². The van der Waals surface area contributed by atoms with Crippen LogP contribution in [0.2, 0.25) is 10.0 Å². The van der Waals surface area contributed by atoms with E-state index in [2.05, 4.69) is 0 Å². The Labute approximate surface area is 135 Å². The van der Waals surface area contributed by atoms with Crippen molar-refractivity contribution in [1.82, 2.24) is 0 Å². The Morgan fingerprint density at radius 3 is 2.05 bits per heavy atom. The molecule has 0 aromatic heterocycles. The fourth-order valence-corrected chi connectivity index (χ4v) is 2.97. The monoisotopic (exact) mass is 321 g/mol. The van der Waals surface area contributed by atoms with Gasteiger partial charge in [0.2, 0.25) is 5.91 Å². The number of halogens is 2. The molecule has 0 aliphatic heterocycles. The number of benzene rings is 2. The molecule has 0 saturated carbocycles. The molecule has 0 radical (unpaired) electrons. The molecule has 4 heteroatoms. The average Bonchev–Trinajstić information content (AvgIpc) is 2.46. The standard InChI is InChI=1S/C17H17Cl2NO/c1-17(2,12-8-4-5-9-13(12)18)16(21)20(3)15-11-7-6-10-14(15)19/h4-11H,1-3H3. The van der Waals surface area contributed by atoms with Gasteiger partial charge < -0.3 is 4.90 Å². The maximum absolute atomic E-state index is 12.9. The minimum Gasteiger partial charge on any atom is -0.313 e. The van der Waals surface area contributed by atoms with E-state index in [4.69, 9.17) is 23.2 Å². The van der Waals surface area contributed by atoms with Crippen LogP contribution in [0, 0.1) is 0 Å². The summed E-state index contributed by atoms with van der Waals surface area (Å²) in [5.41, 5.74) is 0.742. The van der Waals surface area contributed by atoms with Gasteiger partial charge in [-0.3, -0.25) is 4.79 Å². The molecule has 1 amide bonds. The molecule has 0 bridgehead atoms. The number of hydrogen-bond acceptors (Lipinski definition) is 1. The normalized spacial score (nSPS) is 11.3. The lowest BCUT2D eigenvalue weighted by Gasteiger charge is -2.31. The van der Waals surface area contributed by atoms with Crippen molar-refractivity contribution >= 4 is 34.8 Å². The number of hydrogen-bond donors (Lipinski definition) is 0. The first-order valence-electron chi connectivity index (χ1n) is 6.63. The van der Waals surface area contributed by atoms with Crippen LogP contribution in [0.3, 0.4) is 0 Å². The fourth-order valence-electron chi connectivity index (χ4n) is 2.34. The fraction of sp³-hybridized carbons (Fsp3) is 0.235. The summed E-state index contributed by atoms with van der Waals surface area (Å²) < 4.78 is 0. The zero-order valence-corrected chi connectivity index (χ0v) is 13.7. The molecule has 21 heavy (non-hydrogen) atoms. The lowest BCUT2D eigenvalue weighted by Crippen LogP contribution is -2.41. The number of rotatable bonds is 3. The second kappa shape index (κ2) is 6.08. The van der Waals surface area contributed by atoms with Crippen LogP contribution in [0.1, 0.15) is 19.4 Å². The van der Waals surface area contributed by atoms with Crippen LogP contribution in [-0.2, 0) is 10.2 Å². The molecule has 0 heterocycles. The van der Waals surface area contributed by atoms with E-state index in [0.717, 1.165) is 5.56 Å². The maximum atomic E-state index is 12.9. The molecule has 0 aliphatic carbocycles. The third kappa shape index (κ3) is 3.07. The molecule has 0 unspecified atom stereocenters. The molecule has 110 valence electrons. The predicted octanol–water partition coefficient (Wildman–Crippen LogP) is 4.93. The molecule has 2 rings (SSSR count). The van der Waals surface area contributed by atoms with E-state index < -0.39 is 5.41 Å². The summed E-state index contributed by atoms with van der Waals surface area (Å²) in [6, 6.07) is 14.7. The van der Waals surface area contributed by atoms with Gasteiger partial charge in [0.05, 0.1) is 16.1 Å². The minimum atomic E-state index is -0.744. The Balaban J connectivity index is 2.39. The summed E-state index contributed by atoms with van der Waals surface area (Å²) in [4.78, 5) is 14.5. The first-order valence-corrected chi connectivity index (χ1v) is 7.39. The molecule has 2 aromatic rings. The summed E-state index contributed by atoms with van der Waals surface area (Å²) in [5.74, 6) is -0.0660. The zero-order chi connectivity index (χ0) is 15.6. The number of nitrogens with zero attached hydrogens (tertiary/aromatic N) is 1. The van der Waals surface area contributed by atoms with Gasteiger partial charge in [0.25, 0.3) is 0 Å². The number of anilines is 1. The molecule has 0 saturated heterocycles. The van der Waals surface area contributed by atoms with Crippen LogP contribution in [0.15, 0.2) is 48.5 Å². The summed E-state index contributed by atoms with van der Waals surface area (Å²) in [6.07, 6.45) is 0. The first kappa shape index (κ1) is 15.9. The van der Waals surface area contributed by atoms with Gasteiger partial charge in [0.1, 0.15) is 0 Å². The van der Waals surface area contributed by atoms with Crippen molar-refractivity contribution in [3.63, 3.8) is 0 Å². The van der Waals surface area contributed by atoms with Crippen LogP contribution < -0.4 is 4.90 Å². The van der Waals surface area contributed by atoms with Crippen LogP contribution in [-0.4, -0.2) is 13.0 Å². The molecule has 0 spiro atoms. The first-order chi connectivity index (χ1) is 9.85. The third-order valence-electron chi connectivity index (χ3n) is 3.60. The molecule has 0 atom stereocenters. The number of amides is 1. The topological polar surface area (TPSA) is 20.3 Å². The average molecular weight is 322 g/mol. The number of para-hydroxylation sites is 1. The molecule has 0 N–H and O–H groups in total. The highest BCUT2D eigenvalue weighted by Gasteiger charge is 2.34. The van der Waals surface area contributed by atoms with E-state index in [1.165, 1.54) is 0 Å². The minimum absolute atomic E-state index is 0.0660. The van der Waals surface area contributed by atoms with Gasteiger partial charge in [0, 0.05) is 12.1 Å². The van der Waals surface area contributed by atoms with Crippen LogP contribution in [0.25, 0.3) is 0 Å². The van der Waals surface area contributed by atoms with Crippen molar-refractivity contribution in [2.75, 3.05) is 11.9 Å². The number of likely N-dealkylation sites (N-methyl/N-ethyl adjacent to an activating group) is 1. The highest BCUT2D eigenvalue weighted by Crippen LogP contribution is 2.34. The molecule has 0 aliphatic rings. The zero-order valence-electron chi connectivity index (χ0n) is 12.2. The van der Waals surface area contributed by atoms with Crippen molar-refractivity contribution in [3.8, 4) is 0 Å². The van der Waals surface area contributed by atoms with Gasteiger partial charge in [-0.25, -0.2) is 0 Å². The number of carbonyl (C=O) groups is 1. The van der Waals surface area contributed by atoms with Gasteiger partial charge in [-0.2, -0.15) is 0 Å². The number of carbonyl (C=O) groups excluding carboxylic acids is 1. The van der Waals surface area contributed by atoms with Gasteiger partial charge in [-0.1, -0.05) is 53.5 Å². The van der Waals surface area contributed by atoms with E-state index in [-0.39, 0.29) is 5.91 Å². The van der Waals surface area contributed by atoms with Crippen LogP contribution in [0.4, 0.5) is 5.69 Å². The summed E-state index contributed by atoms with van der Waals surface area (Å²) in [5, 5.41) is 1.13. The van der Waals surface area contributed by atoms with Gasteiger partial charge in [-0.05, 0) is 37.6 Å². The molecule has 2 aromatic carbocycles. The lowest BCUT2D eigenvalue weighted by molar-refractivity contribution is -0.122. The third-order valence-corrected chi connectivity index (χ3v) is 4.25. The van der Waals surface area contributed by atoms with E-state index >= 15 is 0 Å². The second-order valence-electron chi connectivity index (χ2n) is 5.42. The quantitative estimate of drug-likeness (QED) is 0.784. The molecular formula is C17H17Cl2NO. The van der Waals surface area contributed by atoms with Crippen LogP contribution in [0.5, 0.6) is 0 Å². The Kier molecular flexibility index (Phi) is 4.60. The predicted molar refractivity (Wildman–Crippen MR) is 89.3 cm³/mol. The van der Waals surface area contributed by atoms with Crippen molar-refractivity contribution in [1.29, 1.82) is 0 Å². The summed E-state index contributed by atoms with van der Waals surface area (Å²) in [6.45, 7) is 3.73. The summed E-state index contributed by atoms with van der Waals surface area (Å²) >= 11 is 12.4.